The van der Waals surface area contributed by atoms with Gasteiger partial charge in [0.25, 0.3) is 0 Å². The summed E-state index contributed by atoms with van der Waals surface area (Å²) in [4.78, 5) is 6.76. The van der Waals surface area contributed by atoms with Crippen LogP contribution in [0.5, 0.6) is 0 Å². The topological polar surface area (TPSA) is 9.72 Å². The molecule has 1 aromatic rings. The zero-order chi connectivity index (χ0) is 12.3. The van der Waals surface area contributed by atoms with E-state index in [4.69, 9.17) is 0 Å². The first-order chi connectivity index (χ1) is 8.15. The number of hydrogen-bond acceptors (Lipinski definition) is 3. The van der Waals surface area contributed by atoms with Crippen LogP contribution in [-0.4, -0.2) is 44.2 Å². The predicted octanol–water partition coefficient (Wildman–Crippen LogP) is 1.97. The Bertz CT molecular complexity index is 398. The fourth-order valence-electron chi connectivity index (χ4n) is 2.09. The smallest absolute Gasteiger partial charge is 0.0750 e. The molecule has 3 nitrogen and oxygen atoms in total. The van der Waals surface area contributed by atoms with Crippen LogP contribution in [0.15, 0.2) is 36.5 Å². The molecule has 17 heavy (non-hydrogen) atoms. The van der Waals surface area contributed by atoms with Crippen LogP contribution in [0.3, 0.4) is 0 Å². The lowest BCUT2D eigenvalue weighted by Crippen LogP contribution is -2.35. The molecular formula is C14H21N3. The highest BCUT2D eigenvalue weighted by atomic mass is 15.3. The van der Waals surface area contributed by atoms with E-state index in [-0.39, 0.29) is 0 Å². The quantitative estimate of drug-likeness (QED) is 0.787. The second kappa shape index (κ2) is 5.34. The third-order valence-corrected chi connectivity index (χ3v) is 2.84. The summed E-state index contributed by atoms with van der Waals surface area (Å²) in [6, 6.07) is 8.75. The fourth-order valence-corrected chi connectivity index (χ4v) is 2.09. The Morgan fingerprint density at radius 1 is 1.29 bits per heavy atom. The monoisotopic (exact) mass is 231 g/mol. The van der Waals surface area contributed by atoms with Gasteiger partial charge in [0.05, 0.1) is 6.67 Å². The summed E-state index contributed by atoms with van der Waals surface area (Å²) in [5, 5.41) is 0. The van der Waals surface area contributed by atoms with Gasteiger partial charge in [-0.15, -0.1) is 0 Å². The molecular weight excluding hydrogens is 210 g/mol. The maximum Gasteiger partial charge on any atom is 0.0750 e. The zero-order valence-electron chi connectivity index (χ0n) is 10.9. The van der Waals surface area contributed by atoms with Crippen molar-refractivity contribution in [1.29, 1.82) is 0 Å². The molecule has 2 rings (SSSR count). The average molecular weight is 231 g/mol. The molecule has 0 aliphatic carbocycles. The number of anilines is 1. The zero-order valence-corrected chi connectivity index (χ0v) is 10.9. The van der Waals surface area contributed by atoms with Crippen LogP contribution < -0.4 is 4.90 Å². The molecule has 0 bridgehead atoms. The minimum absolute atomic E-state index is 0.960. The highest BCUT2D eigenvalue weighted by Crippen LogP contribution is 2.19. The van der Waals surface area contributed by atoms with Crippen molar-refractivity contribution in [3.05, 3.63) is 42.1 Å². The largest absolute Gasteiger partial charge is 0.335 e. The lowest BCUT2D eigenvalue weighted by atomic mass is 10.2. The number of nitrogens with zero attached hydrogens (tertiary/aromatic N) is 3. The lowest BCUT2D eigenvalue weighted by molar-refractivity contribution is 0.366. The van der Waals surface area contributed by atoms with E-state index in [2.05, 4.69) is 72.4 Å². The number of benzene rings is 1. The Morgan fingerprint density at radius 3 is 2.82 bits per heavy atom. The van der Waals surface area contributed by atoms with E-state index in [1.54, 1.807) is 0 Å². The summed E-state index contributed by atoms with van der Waals surface area (Å²) in [7, 11) is 6.34. The van der Waals surface area contributed by atoms with Crippen molar-refractivity contribution in [3.8, 4) is 0 Å². The summed E-state index contributed by atoms with van der Waals surface area (Å²) in [6.07, 6.45) is 4.37. The molecule has 0 aromatic heterocycles. The predicted molar refractivity (Wildman–Crippen MR) is 72.9 cm³/mol. The van der Waals surface area contributed by atoms with Gasteiger partial charge in [0, 0.05) is 25.0 Å². The molecule has 1 aliphatic rings. The fraction of sp³-hybridized carbons (Fsp3) is 0.429. The van der Waals surface area contributed by atoms with Crippen molar-refractivity contribution in [2.24, 2.45) is 0 Å². The molecule has 0 unspecified atom stereocenters. The Hall–Kier alpha value is -1.32. The minimum atomic E-state index is 0.960. The van der Waals surface area contributed by atoms with E-state index in [0.717, 1.165) is 19.8 Å². The normalized spacial score (nSPS) is 16.8. The van der Waals surface area contributed by atoms with Crippen molar-refractivity contribution < 1.29 is 0 Å². The minimum Gasteiger partial charge on any atom is -0.335 e. The molecule has 0 atom stereocenters. The van der Waals surface area contributed by atoms with Crippen LogP contribution in [0, 0.1) is 0 Å². The van der Waals surface area contributed by atoms with Gasteiger partial charge in [0.2, 0.25) is 0 Å². The van der Waals surface area contributed by atoms with Gasteiger partial charge in [-0.25, -0.2) is 0 Å². The summed E-state index contributed by atoms with van der Waals surface area (Å²) < 4.78 is 0. The van der Waals surface area contributed by atoms with Gasteiger partial charge < -0.3 is 9.80 Å². The third-order valence-electron chi connectivity index (χ3n) is 2.84. The standard InChI is InChI=1S/C14H21N3/c1-15(2)11-13-6-4-7-14(10-13)17-9-5-8-16(3)12-17/h4-7,9-10H,8,11-12H2,1-3H3. The van der Waals surface area contributed by atoms with E-state index in [9.17, 15) is 0 Å². The first kappa shape index (κ1) is 12.1. The third kappa shape index (κ3) is 3.32. The van der Waals surface area contributed by atoms with E-state index in [1.807, 2.05) is 0 Å². The molecule has 0 fully saturated rings. The van der Waals surface area contributed by atoms with Crippen LogP contribution in [0.4, 0.5) is 5.69 Å². The van der Waals surface area contributed by atoms with E-state index >= 15 is 0 Å². The molecule has 0 spiro atoms. The van der Waals surface area contributed by atoms with Gasteiger partial charge in [0.1, 0.15) is 0 Å². The van der Waals surface area contributed by atoms with Gasteiger partial charge in [-0.1, -0.05) is 18.2 Å². The van der Waals surface area contributed by atoms with Crippen molar-refractivity contribution in [3.63, 3.8) is 0 Å². The van der Waals surface area contributed by atoms with E-state index in [1.165, 1.54) is 11.3 Å². The summed E-state index contributed by atoms with van der Waals surface area (Å²) in [5.74, 6) is 0. The first-order valence-electron chi connectivity index (χ1n) is 6.00. The van der Waals surface area contributed by atoms with E-state index < -0.39 is 0 Å². The van der Waals surface area contributed by atoms with Gasteiger partial charge in [-0.2, -0.15) is 0 Å². The maximum atomic E-state index is 2.29. The number of hydrogen-bond donors (Lipinski definition) is 0. The SMILES string of the molecule is CN(C)Cc1cccc(N2C=CCN(C)C2)c1. The lowest BCUT2D eigenvalue weighted by Gasteiger charge is -2.30. The van der Waals surface area contributed by atoms with Crippen molar-refractivity contribution in [2.75, 3.05) is 39.3 Å². The Balaban J connectivity index is 2.15. The van der Waals surface area contributed by atoms with Crippen LogP contribution in [0.2, 0.25) is 0 Å². The van der Waals surface area contributed by atoms with Gasteiger partial charge in [0.15, 0.2) is 0 Å². The molecule has 1 aliphatic heterocycles. The summed E-state index contributed by atoms with van der Waals surface area (Å²) >= 11 is 0. The Morgan fingerprint density at radius 2 is 2.12 bits per heavy atom. The van der Waals surface area contributed by atoms with Gasteiger partial charge in [-0.05, 0) is 38.8 Å². The second-order valence-corrected chi connectivity index (χ2v) is 4.94. The maximum absolute atomic E-state index is 2.29. The molecule has 0 amide bonds. The molecule has 92 valence electrons. The van der Waals surface area contributed by atoms with Crippen LogP contribution in [0.1, 0.15) is 5.56 Å². The van der Waals surface area contributed by atoms with Crippen LogP contribution in [0.25, 0.3) is 0 Å². The molecule has 3 heteroatoms. The Labute approximate surface area is 104 Å². The molecule has 0 radical (unpaired) electrons. The average Bonchev–Trinajstić information content (AvgIpc) is 2.28. The van der Waals surface area contributed by atoms with Crippen molar-refractivity contribution in [2.45, 2.75) is 6.54 Å². The number of rotatable bonds is 3. The van der Waals surface area contributed by atoms with Crippen molar-refractivity contribution in [1.82, 2.24) is 9.80 Å². The highest BCUT2D eigenvalue weighted by Gasteiger charge is 2.10. The van der Waals surface area contributed by atoms with E-state index in [0.29, 0.717) is 0 Å². The van der Waals surface area contributed by atoms with Crippen LogP contribution in [-0.2, 0) is 6.54 Å². The molecule has 0 saturated heterocycles. The van der Waals surface area contributed by atoms with Gasteiger partial charge >= 0.3 is 0 Å². The highest BCUT2D eigenvalue weighted by molar-refractivity contribution is 5.51. The summed E-state index contributed by atoms with van der Waals surface area (Å²) in [5.41, 5.74) is 2.63. The van der Waals surface area contributed by atoms with Crippen molar-refractivity contribution >= 4 is 5.69 Å². The molecule has 0 N–H and O–H groups in total. The van der Waals surface area contributed by atoms with Crippen LogP contribution >= 0.6 is 0 Å². The molecule has 0 saturated carbocycles. The summed E-state index contributed by atoms with van der Waals surface area (Å²) in [6.45, 7) is 2.98. The first-order valence-corrected chi connectivity index (χ1v) is 6.00. The van der Waals surface area contributed by atoms with Gasteiger partial charge in [-0.3, -0.25) is 4.90 Å². The molecule has 1 aromatic carbocycles. The second-order valence-electron chi connectivity index (χ2n) is 4.94. The number of likely N-dealkylation sites (N-methyl/N-ethyl adjacent to an activating group) is 1. The molecule has 1 heterocycles. The Kier molecular flexibility index (Phi) is 3.82.